The quantitative estimate of drug-likeness (QED) is 0.232. The molecule has 4 aromatic carbocycles. The monoisotopic (exact) mass is 488 g/mol. The number of benzene rings is 4. The van der Waals surface area contributed by atoms with E-state index >= 15 is 0 Å². The van der Waals surface area contributed by atoms with Gasteiger partial charge in [-0.1, -0.05) is 59.9 Å². The SMILES string of the molecule is Cc1nc2c(ccc3c2sc(/C=C/c2ccc(-n4c5ccccc5c5ccccc54)cc2)[n+]3C)s1. The van der Waals surface area contributed by atoms with Gasteiger partial charge in [-0.3, -0.25) is 0 Å². The second-order valence-electron chi connectivity index (χ2n) is 8.79. The van der Waals surface area contributed by atoms with Crippen molar-refractivity contribution in [2.45, 2.75) is 6.92 Å². The van der Waals surface area contributed by atoms with Crippen molar-refractivity contribution in [3.05, 3.63) is 101 Å². The van der Waals surface area contributed by atoms with Crippen LogP contribution in [0.15, 0.2) is 84.9 Å². The summed E-state index contributed by atoms with van der Waals surface area (Å²) in [5.74, 6) is 0. The zero-order valence-corrected chi connectivity index (χ0v) is 21.0. The second kappa shape index (κ2) is 7.87. The molecule has 7 aromatic rings. The molecule has 3 heterocycles. The van der Waals surface area contributed by atoms with E-state index in [1.165, 1.54) is 53.0 Å². The highest BCUT2D eigenvalue weighted by Gasteiger charge is 2.19. The fourth-order valence-corrected chi connectivity index (χ4v) is 7.02. The average Bonchev–Trinajstić information content (AvgIpc) is 3.54. The van der Waals surface area contributed by atoms with Crippen molar-refractivity contribution in [3.63, 3.8) is 0 Å². The predicted octanol–water partition coefficient (Wildman–Crippen LogP) is 7.91. The van der Waals surface area contributed by atoms with E-state index in [4.69, 9.17) is 4.98 Å². The molecule has 0 radical (unpaired) electrons. The molecule has 168 valence electrons. The van der Waals surface area contributed by atoms with E-state index in [0.717, 1.165) is 10.5 Å². The fourth-order valence-electron chi connectivity index (χ4n) is 4.98. The van der Waals surface area contributed by atoms with Gasteiger partial charge in [-0.25, -0.2) is 4.98 Å². The van der Waals surface area contributed by atoms with Crippen LogP contribution in [0.2, 0.25) is 0 Å². The van der Waals surface area contributed by atoms with Crippen LogP contribution >= 0.6 is 22.7 Å². The number of nitrogens with zero attached hydrogens (tertiary/aromatic N) is 3. The molecule has 3 nitrogen and oxygen atoms in total. The van der Waals surface area contributed by atoms with Crippen molar-refractivity contribution in [1.82, 2.24) is 9.55 Å². The zero-order valence-electron chi connectivity index (χ0n) is 19.4. The van der Waals surface area contributed by atoms with Gasteiger partial charge in [-0.2, -0.15) is 4.57 Å². The Balaban J connectivity index is 1.27. The Kier molecular flexibility index (Phi) is 4.62. The topological polar surface area (TPSA) is 21.7 Å². The smallest absolute Gasteiger partial charge is 0.262 e. The van der Waals surface area contributed by atoms with Crippen LogP contribution in [0.1, 0.15) is 15.6 Å². The third-order valence-corrected chi connectivity index (χ3v) is 8.81. The molecule has 0 atom stereocenters. The molecule has 35 heavy (non-hydrogen) atoms. The highest BCUT2D eigenvalue weighted by atomic mass is 32.1. The molecule has 5 heteroatoms. The number of hydrogen-bond acceptors (Lipinski definition) is 3. The van der Waals surface area contributed by atoms with Gasteiger partial charge in [0.25, 0.3) is 5.01 Å². The Bertz CT molecular complexity index is 1860. The number of thiazole rings is 2. The van der Waals surface area contributed by atoms with E-state index < -0.39 is 0 Å². The van der Waals surface area contributed by atoms with E-state index in [-0.39, 0.29) is 0 Å². The number of hydrogen-bond donors (Lipinski definition) is 0. The highest BCUT2D eigenvalue weighted by Crippen LogP contribution is 2.33. The lowest BCUT2D eigenvalue weighted by Crippen LogP contribution is -2.28. The first-order chi connectivity index (χ1) is 17.2. The maximum Gasteiger partial charge on any atom is 0.262 e. The van der Waals surface area contributed by atoms with Crippen LogP contribution in [-0.2, 0) is 7.05 Å². The molecule has 7 rings (SSSR count). The lowest BCUT2D eigenvalue weighted by atomic mass is 10.2. The molecule has 0 fully saturated rings. The van der Waals surface area contributed by atoms with E-state index in [1.54, 1.807) is 22.7 Å². The Labute approximate surface area is 210 Å². The molecule has 3 aromatic heterocycles. The minimum absolute atomic E-state index is 1.11. The van der Waals surface area contributed by atoms with Crippen LogP contribution < -0.4 is 4.57 Å². The Hall–Kier alpha value is -3.80. The normalized spacial score (nSPS) is 12.2. The summed E-state index contributed by atoms with van der Waals surface area (Å²) in [6, 6.07) is 30.5. The van der Waals surface area contributed by atoms with Gasteiger partial charge in [-0.05, 0) is 48.9 Å². The van der Waals surface area contributed by atoms with Gasteiger partial charge >= 0.3 is 0 Å². The summed E-state index contributed by atoms with van der Waals surface area (Å²) in [4.78, 5) is 4.78. The van der Waals surface area contributed by atoms with Crippen LogP contribution in [-0.4, -0.2) is 9.55 Å². The van der Waals surface area contributed by atoms with E-state index in [2.05, 4.69) is 120 Å². The van der Waals surface area contributed by atoms with Crippen molar-refractivity contribution < 1.29 is 4.57 Å². The molecule has 0 saturated carbocycles. The van der Waals surface area contributed by atoms with Gasteiger partial charge in [0.15, 0.2) is 0 Å². The molecule has 0 aliphatic rings. The van der Waals surface area contributed by atoms with Gasteiger partial charge in [0, 0.05) is 28.6 Å². The minimum atomic E-state index is 1.11. The third kappa shape index (κ3) is 3.23. The number of aromatic nitrogens is 3. The molecular formula is C30H22N3S2+. The average molecular weight is 489 g/mol. The molecule has 0 amide bonds. The van der Waals surface area contributed by atoms with E-state index in [9.17, 15) is 0 Å². The van der Waals surface area contributed by atoms with Crippen LogP contribution in [0.3, 0.4) is 0 Å². The Morgan fingerprint density at radius 3 is 2.17 bits per heavy atom. The van der Waals surface area contributed by atoms with Crippen molar-refractivity contribution in [3.8, 4) is 5.69 Å². The molecular weight excluding hydrogens is 466 g/mol. The first kappa shape index (κ1) is 20.6. The summed E-state index contributed by atoms with van der Waals surface area (Å²) in [5, 5.41) is 4.90. The molecule has 0 bridgehead atoms. The van der Waals surface area contributed by atoms with E-state index in [0.29, 0.717) is 0 Å². The number of para-hydroxylation sites is 2. The molecule has 0 aliphatic carbocycles. The van der Waals surface area contributed by atoms with Crippen molar-refractivity contribution in [2.24, 2.45) is 7.05 Å². The molecule has 0 aliphatic heterocycles. The standard InChI is InChI=1S/C30H22N3S2/c1-19-31-29-27(34-19)17-16-26-30(29)35-28(32(26)2)18-13-20-11-14-21(15-12-20)33-24-9-5-3-7-22(24)23-8-4-6-10-25(23)33/h3-18H,1-2H3/q+1. The highest BCUT2D eigenvalue weighted by molar-refractivity contribution is 7.22. The Morgan fingerprint density at radius 2 is 1.46 bits per heavy atom. The zero-order chi connectivity index (χ0) is 23.5. The first-order valence-electron chi connectivity index (χ1n) is 11.6. The van der Waals surface area contributed by atoms with Gasteiger partial charge in [0.2, 0.25) is 5.52 Å². The largest absolute Gasteiger partial charge is 0.309 e. The lowest BCUT2D eigenvalue weighted by molar-refractivity contribution is -0.642. The van der Waals surface area contributed by atoms with Crippen molar-refractivity contribution in [1.29, 1.82) is 0 Å². The molecule has 0 saturated heterocycles. The Morgan fingerprint density at radius 1 is 0.771 bits per heavy atom. The van der Waals surface area contributed by atoms with Gasteiger partial charge in [0.1, 0.15) is 17.3 Å². The van der Waals surface area contributed by atoms with Gasteiger partial charge in [0.05, 0.1) is 20.7 Å². The van der Waals surface area contributed by atoms with Gasteiger partial charge < -0.3 is 4.57 Å². The minimum Gasteiger partial charge on any atom is -0.309 e. The fraction of sp³-hybridized carbons (Fsp3) is 0.0667. The molecule has 0 spiro atoms. The van der Waals surface area contributed by atoms with Gasteiger partial charge in [-0.15, -0.1) is 11.3 Å². The van der Waals surface area contributed by atoms with E-state index in [1.807, 2.05) is 0 Å². The first-order valence-corrected chi connectivity index (χ1v) is 13.3. The summed E-state index contributed by atoms with van der Waals surface area (Å²) in [5.41, 5.74) is 7.18. The second-order valence-corrected chi connectivity index (χ2v) is 11.1. The van der Waals surface area contributed by atoms with Crippen molar-refractivity contribution >= 4 is 77.1 Å². The van der Waals surface area contributed by atoms with Crippen molar-refractivity contribution in [2.75, 3.05) is 0 Å². The summed E-state index contributed by atoms with van der Waals surface area (Å²) < 4.78 is 7.13. The number of aryl methyl sites for hydroxylation is 2. The molecule has 0 N–H and O–H groups in total. The summed E-state index contributed by atoms with van der Waals surface area (Å²) in [6.45, 7) is 2.08. The summed E-state index contributed by atoms with van der Waals surface area (Å²) in [6.07, 6.45) is 4.41. The maximum atomic E-state index is 4.78. The lowest BCUT2D eigenvalue weighted by Gasteiger charge is -2.08. The maximum absolute atomic E-state index is 4.78. The number of fused-ring (bicyclic) bond motifs is 6. The number of rotatable bonds is 3. The predicted molar refractivity (Wildman–Crippen MR) is 151 cm³/mol. The molecule has 0 unspecified atom stereocenters. The summed E-state index contributed by atoms with van der Waals surface area (Å²) >= 11 is 3.57. The van der Waals surface area contributed by atoms with Crippen LogP contribution in [0, 0.1) is 6.92 Å². The van der Waals surface area contributed by atoms with Crippen LogP contribution in [0.5, 0.6) is 0 Å². The summed E-state index contributed by atoms with van der Waals surface area (Å²) in [7, 11) is 2.13. The van der Waals surface area contributed by atoms with Crippen LogP contribution in [0.4, 0.5) is 0 Å². The van der Waals surface area contributed by atoms with Crippen LogP contribution in [0.25, 0.3) is 60.1 Å². The third-order valence-electron chi connectivity index (χ3n) is 6.65.